The van der Waals surface area contributed by atoms with Crippen LogP contribution in [0.25, 0.3) is 0 Å². The van der Waals surface area contributed by atoms with Crippen molar-refractivity contribution in [2.75, 3.05) is 6.54 Å². The average molecular weight is 180 g/mol. The molecule has 0 spiro atoms. The van der Waals surface area contributed by atoms with Gasteiger partial charge < -0.3 is 5.32 Å². The molecule has 4 heteroatoms. The molecule has 1 fully saturated rings. The fraction of sp³-hybridized carbons (Fsp3) is 0.778. The lowest BCUT2D eigenvalue weighted by Crippen LogP contribution is -2.34. The van der Waals surface area contributed by atoms with Gasteiger partial charge in [0.25, 0.3) is 0 Å². The van der Waals surface area contributed by atoms with Crippen molar-refractivity contribution < 1.29 is 0 Å². The summed E-state index contributed by atoms with van der Waals surface area (Å²) in [6.07, 6.45) is 8.84. The number of piperidine rings is 1. The molecule has 1 aromatic heterocycles. The highest BCUT2D eigenvalue weighted by Crippen LogP contribution is 2.10. The van der Waals surface area contributed by atoms with E-state index in [1.807, 2.05) is 10.9 Å². The number of aryl methyl sites for hydroxylation is 1. The minimum atomic E-state index is 0.693. The molecule has 13 heavy (non-hydrogen) atoms. The second-order valence-corrected chi connectivity index (χ2v) is 3.60. The van der Waals surface area contributed by atoms with Crippen molar-refractivity contribution in [3.63, 3.8) is 0 Å². The monoisotopic (exact) mass is 180 g/mol. The molecule has 1 aliphatic rings. The summed E-state index contributed by atoms with van der Waals surface area (Å²) in [5.74, 6) is 0. The molecule has 0 saturated carbocycles. The van der Waals surface area contributed by atoms with E-state index in [1.165, 1.54) is 32.2 Å². The van der Waals surface area contributed by atoms with E-state index < -0.39 is 0 Å². The van der Waals surface area contributed by atoms with Crippen molar-refractivity contribution in [2.24, 2.45) is 0 Å². The van der Waals surface area contributed by atoms with Crippen LogP contribution in [0.5, 0.6) is 0 Å². The third-order valence-electron chi connectivity index (χ3n) is 2.59. The summed E-state index contributed by atoms with van der Waals surface area (Å²) in [5.41, 5.74) is 0. The van der Waals surface area contributed by atoms with Crippen LogP contribution in [0.3, 0.4) is 0 Å². The Labute approximate surface area is 78.3 Å². The molecule has 2 rings (SSSR count). The van der Waals surface area contributed by atoms with Gasteiger partial charge in [0.05, 0.1) is 6.20 Å². The van der Waals surface area contributed by atoms with Crippen molar-refractivity contribution in [3.8, 4) is 0 Å². The van der Waals surface area contributed by atoms with E-state index in [9.17, 15) is 0 Å². The Morgan fingerprint density at radius 1 is 1.46 bits per heavy atom. The van der Waals surface area contributed by atoms with Gasteiger partial charge in [-0.3, -0.25) is 4.68 Å². The number of rotatable bonds is 3. The summed E-state index contributed by atoms with van der Waals surface area (Å²) in [7, 11) is 0. The highest BCUT2D eigenvalue weighted by atomic mass is 15.4. The minimum Gasteiger partial charge on any atom is -0.314 e. The largest absolute Gasteiger partial charge is 0.314 e. The second-order valence-electron chi connectivity index (χ2n) is 3.60. The van der Waals surface area contributed by atoms with Crippen LogP contribution in [0.1, 0.15) is 25.7 Å². The van der Waals surface area contributed by atoms with Crippen LogP contribution >= 0.6 is 0 Å². The summed E-state index contributed by atoms with van der Waals surface area (Å²) >= 11 is 0. The van der Waals surface area contributed by atoms with Crippen LogP contribution in [0, 0.1) is 0 Å². The van der Waals surface area contributed by atoms with Crippen molar-refractivity contribution in [1.29, 1.82) is 0 Å². The minimum absolute atomic E-state index is 0.693. The fourth-order valence-corrected chi connectivity index (χ4v) is 1.81. The molecular weight excluding hydrogens is 164 g/mol. The van der Waals surface area contributed by atoms with E-state index in [1.54, 1.807) is 6.20 Å². The molecular formula is C9H16N4. The van der Waals surface area contributed by atoms with Crippen molar-refractivity contribution in [3.05, 3.63) is 12.4 Å². The first kappa shape index (κ1) is 8.69. The molecule has 1 aromatic rings. The van der Waals surface area contributed by atoms with E-state index in [0.717, 1.165) is 6.54 Å². The highest BCUT2D eigenvalue weighted by Gasteiger charge is 2.11. The third kappa shape index (κ3) is 2.52. The third-order valence-corrected chi connectivity index (χ3v) is 2.59. The van der Waals surface area contributed by atoms with Gasteiger partial charge in [0.2, 0.25) is 0 Å². The molecule has 0 unspecified atom stereocenters. The highest BCUT2D eigenvalue weighted by molar-refractivity contribution is 4.73. The van der Waals surface area contributed by atoms with E-state index in [-0.39, 0.29) is 0 Å². The maximum atomic E-state index is 3.94. The molecule has 0 aliphatic carbocycles. The first-order valence-electron chi connectivity index (χ1n) is 5.02. The SMILES string of the molecule is c1cn(CC[C@@H]2CCCCN2)nn1. The Kier molecular flexibility index (Phi) is 2.92. The molecule has 2 heterocycles. The Morgan fingerprint density at radius 2 is 2.46 bits per heavy atom. The summed E-state index contributed by atoms with van der Waals surface area (Å²) in [5, 5.41) is 11.2. The smallest absolute Gasteiger partial charge is 0.0692 e. The normalized spacial score (nSPS) is 23.2. The van der Waals surface area contributed by atoms with E-state index in [2.05, 4.69) is 15.6 Å². The van der Waals surface area contributed by atoms with Gasteiger partial charge in [0, 0.05) is 18.8 Å². The number of nitrogens with one attached hydrogen (secondary N) is 1. The molecule has 0 radical (unpaired) electrons. The van der Waals surface area contributed by atoms with Crippen LogP contribution in [0.4, 0.5) is 0 Å². The average Bonchev–Trinajstić information content (AvgIpc) is 2.69. The number of hydrogen-bond donors (Lipinski definition) is 1. The quantitative estimate of drug-likeness (QED) is 0.748. The molecule has 1 atom stereocenters. The molecule has 4 nitrogen and oxygen atoms in total. The standard InChI is InChI=1S/C9H16N4/c1-2-5-10-9(3-1)4-7-13-8-6-11-12-13/h6,8-10H,1-5,7H2/t9-/m0/s1. The van der Waals surface area contributed by atoms with Crippen LogP contribution < -0.4 is 5.32 Å². The Morgan fingerprint density at radius 3 is 3.15 bits per heavy atom. The Bertz CT molecular complexity index is 226. The van der Waals surface area contributed by atoms with Gasteiger partial charge in [0.15, 0.2) is 0 Å². The van der Waals surface area contributed by atoms with Gasteiger partial charge in [0.1, 0.15) is 0 Å². The van der Waals surface area contributed by atoms with Crippen LogP contribution in [-0.4, -0.2) is 27.6 Å². The molecule has 0 bridgehead atoms. The molecule has 0 amide bonds. The van der Waals surface area contributed by atoms with Crippen molar-refractivity contribution in [2.45, 2.75) is 38.3 Å². The van der Waals surface area contributed by atoms with Crippen molar-refractivity contribution in [1.82, 2.24) is 20.3 Å². The maximum absolute atomic E-state index is 3.94. The zero-order chi connectivity index (χ0) is 8.93. The van der Waals surface area contributed by atoms with E-state index in [4.69, 9.17) is 0 Å². The topological polar surface area (TPSA) is 42.7 Å². The van der Waals surface area contributed by atoms with Gasteiger partial charge in [-0.15, -0.1) is 5.10 Å². The molecule has 72 valence electrons. The summed E-state index contributed by atoms with van der Waals surface area (Å²) < 4.78 is 1.90. The summed E-state index contributed by atoms with van der Waals surface area (Å²) in [4.78, 5) is 0. The van der Waals surface area contributed by atoms with Crippen LogP contribution in [-0.2, 0) is 6.54 Å². The van der Waals surface area contributed by atoms with Gasteiger partial charge in [-0.25, -0.2) is 0 Å². The lowest BCUT2D eigenvalue weighted by molar-refractivity contribution is 0.359. The maximum Gasteiger partial charge on any atom is 0.0692 e. The van der Waals surface area contributed by atoms with E-state index in [0.29, 0.717) is 6.04 Å². The number of nitrogens with zero attached hydrogens (tertiary/aromatic N) is 3. The molecule has 1 aliphatic heterocycles. The van der Waals surface area contributed by atoms with Gasteiger partial charge in [-0.05, 0) is 25.8 Å². The summed E-state index contributed by atoms with van der Waals surface area (Å²) in [6.45, 7) is 2.17. The van der Waals surface area contributed by atoms with Crippen LogP contribution in [0.15, 0.2) is 12.4 Å². The number of aromatic nitrogens is 3. The molecule has 1 N–H and O–H groups in total. The van der Waals surface area contributed by atoms with Crippen molar-refractivity contribution >= 4 is 0 Å². The van der Waals surface area contributed by atoms with Gasteiger partial charge in [-0.2, -0.15) is 0 Å². The van der Waals surface area contributed by atoms with Gasteiger partial charge >= 0.3 is 0 Å². The predicted molar refractivity (Wildman–Crippen MR) is 50.3 cm³/mol. The Balaban J connectivity index is 1.72. The van der Waals surface area contributed by atoms with Crippen LogP contribution in [0.2, 0.25) is 0 Å². The zero-order valence-electron chi connectivity index (χ0n) is 7.82. The number of hydrogen-bond acceptors (Lipinski definition) is 3. The first-order valence-corrected chi connectivity index (χ1v) is 5.02. The molecule has 1 saturated heterocycles. The molecule has 0 aromatic carbocycles. The van der Waals surface area contributed by atoms with E-state index >= 15 is 0 Å². The lowest BCUT2D eigenvalue weighted by atomic mass is 10.0. The second kappa shape index (κ2) is 4.37. The zero-order valence-corrected chi connectivity index (χ0v) is 7.82. The fourth-order valence-electron chi connectivity index (χ4n) is 1.81. The predicted octanol–water partition coefficient (Wildman–Crippen LogP) is 0.810. The first-order chi connectivity index (χ1) is 6.45. The Hall–Kier alpha value is -0.900. The lowest BCUT2D eigenvalue weighted by Gasteiger charge is -2.23. The summed E-state index contributed by atoms with van der Waals surface area (Å²) in [6, 6.07) is 0.693. The van der Waals surface area contributed by atoms with Gasteiger partial charge in [-0.1, -0.05) is 11.6 Å².